The van der Waals surface area contributed by atoms with Crippen LogP contribution in [0.5, 0.6) is 0 Å². The second-order valence-corrected chi connectivity index (χ2v) is 3.99. The summed E-state index contributed by atoms with van der Waals surface area (Å²) in [4.78, 5) is 18.4. The summed E-state index contributed by atoms with van der Waals surface area (Å²) in [7, 11) is 1.32. The van der Waals surface area contributed by atoms with Crippen LogP contribution in [0.25, 0.3) is 11.3 Å². The Balaban J connectivity index is 2.42. The third-order valence-corrected chi connectivity index (χ3v) is 2.63. The summed E-state index contributed by atoms with van der Waals surface area (Å²) in [5, 5.41) is 0.662. The molecule has 4 nitrogen and oxygen atoms in total. The number of hydrogen-bond acceptors (Lipinski definition) is 3. The molecule has 0 fully saturated rings. The first-order chi connectivity index (χ1) is 8.11. The number of carbonyl (C=O) groups is 1. The van der Waals surface area contributed by atoms with Crippen molar-refractivity contribution in [3.8, 4) is 11.3 Å². The number of halogens is 1. The number of esters is 1. The third kappa shape index (κ3) is 2.31. The lowest BCUT2D eigenvalue weighted by molar-refractivity contribution is 0.0588. The van der Waals surface area contributed by atoms with Gasteiger partial charge in [-0.15, -0.1) is 0 Å². The molecule has 5 heteroatoms. The van der Waals surface area contributed by atoms with Gasteiger partial charge in [0.15, 0.2) is 0 Å². The molecule has 0 saturated heterocycles. The number of aryl methyl sites for hydroxylation is 1. The van der Waals surface area contributed by atoms with Gasteiger partial charge < -0.3 is 9.72 Å². The van der Waals surface area contributed by atoms with Crippen molar-refractivity contribution < 1.29 is 9.53 Å². The number of aromatic nitrogens is 2. The quantitative estimate of drug-likeness (QED) is 0.834. The maximum Gasteiger partial charge on any atom is 0.374 e. The predicted octanol–water partition coefficient (Wildman–Crippen LogP) is 2.83. The number of hydrogen-bond donors (Lipinski definition) is 1. The molecule has 17 heavy (non-hydrogen) atoms. The van der Waals surface area contributed by atoms with Gasteiger partial charge in [-0.2, -0.15) is 0 Å². The lowest BCUT2D eigenvalue weighted by Crippen LogP contribution is -2.03. The van der Waals surface area contributed by atoms with Crippen molar-refractivity contribution in [3.63, 3.8) is 0 Å². The summed E-state index contributed by atoms with van der Waals surface area (Å²) in [6, 6.07) is 7.27. The van der Waals surface area contributed by atoms with Crippen LogP contribution < -0.4 is 0 Å². The molecule has 2 rings (SSSR count). The van der Waals surface area contributed by atoms with Crippen molar-refractivity contribution in [2.45, 2.75) is 6.92 Å². The van der Waals surface area contributed by atoms with Gasteiger partial charge in [-0.1, -0.05) is 23.7 Å². The molecule has 88 valence electrons. The first-order valence-corrected chi connectivity index (χ1v) is 5.40. The summed E-state index contributed by atoms with van der Waals surface area (Å²) in [6.07, 6.45) is 0. The molecular weight excluding hydrogens is 240 g/mol. The fraction of sp³-hybridized carbons (Fsp3) is 0.167. The minimum absolute atomic E-state index is 0.204. The molecule has 0 radical (unpaired) electrons. The van der Waals surface area contributed by atoms with Crippen LogP contribution in [-0.2, 0) is 4.74 Å². The zero-order valence-corrected chi connectivity index (χ0v) is 10.2. The van der Waals surface area contributed by atoms with Crippen molar-refractivity contribution in [3.05, 3.63) is 40.8 Å². The number of carbonyl (C=O) groups excluding carboxylic acids is 1. The van der Waals surface area contributed by atoms with Gasteiger partial charge in [-0.05, 0) is 19.1 Å². The topological polar surface area (TPSA) is 55.0 Å². The number of aromatic amines is 1. The Morgan fingerprint density at radius 3 is 2.59 bits per heavy atom. The summed E-state index contributed by atoms with van der Waals surface area (Å²) in [6.45, 7) is 1.85. The summed E-state index contributed by atoms with van der Waals surface area (Å²) >= 11 is 5.81. The van der Waals surface area contributed by atoms with Crippen LogP contribution in [0.4, 0.5) is 0 Å². The Morgan fingerprint density at radius 2 is 2.00 bits per heavy atom. The Bertz CT molecular complexity index is 546. The van der Waals surface area contributed by atoms with Crippen molar-refractivity contribution in [2.75, 3.05) is 7.11 Å². The molecule has 0 bridgehead atoms. The van der Waals surface area contributed by atoms with E-state index >= 15 is 0 Å². The molecule has 1 N–H and O–H groups in total. The molecule has 0 aliphatic carbocycles. The Morgan fingerprint density at radius 1 is 1.35 bits per heavy atom. The predicted molar refractivity (Wildman–Crippen MR) is 65.1 cm³/mol. The summed E-state index contributed by atoms with van der Waals surface area (Å²) in [5.41, 5.74) is 2.44. The monoisotopic (exact) mass is 250 g/mol. The average Bonchev–Trinajstić information content (AvgIpc) is 2.71. The van der Waals surface area contributed by atoms with E-state index in [2.05, 4.69) is 14.7 Å². The Labute approximate surface area is 104 Å². The van der Waals surface area contributed by atoms with Crippen molar-refractivity contribution in [1.29, 1.82) is 0 Å². The van der Waals surface area contributed by atoms with E-state index < -0.39 is 5.97 Å². The maximum absolute atomic E-state index is 11.3. The van der Waals surface area contributed by atoms with Crippen molar-refractivity contribution >= 4 is 17.6 Å². The van der Waals surface area contributed by atoms with E-state index in [4.69, 9.17) is 11.6 Å². The van der Waals surface area contributed by atoms with E-state index in [-0.39, 0.29) is 5.82 Å². The number of H-pyrrole nitrogens is 1. The molecular formula is C12H11ClN2O2. The highest BCUT2D eigenvalue weighted by molar-refractivity contribution is 6.30. The molecule has 0 aliphatic heterocycles. The fourth-order valence-corrected chi connectivity index (χ4v) is 1.67. The summed E-state index contributed by atoms with van der Waals surface area (Å²) in [5.74, 6) is -0.275. The molecule has 0 saturated carbocycles. The van der Waals surface area contributed by atoms with Crippen LogP contribution in [0.2, 0.25) is 5.02 Å². The highest BCUT2D eigenvalue weighted by Gasteiger charge is 2.14. The van der Waals surface area contributed by atoms with E-state index in [0.29, 0.717) is 5.02 Å². The first kappa shape index (κ1) is 11.7. The number of nitrogens with one attached hydrogen (secondary N) is 1. The van der Waals surface area contributed by atoms with E-state index in [0.717, 1.165) is 17.0 Å². The van der Waals surface area contributed by atoms with Crippen molar-refractivity contribution in [2.24, 2.45) is 0 Å². The van der Waals surface area contributed by atoms with Crippen LogP contribution >= 0.6 is 11.6 Å². The van der Waals surface area contributed by atoms with Gasteiger partial charge in [0.2, 0.25) is 5.82 Å². The largest absolute Gasteiger partial charge is 0.463 e. The molecule has 0 spiro atoms. The Hall–Kier alpha value is -1.81. The van der Waals surface area contributed by atoms with Gasteiger partial charge in [0, 0.05) is 16.3 Å². The fourth-order valence-electron chi connectivity index (χ4n) is 1.54. The smallest absolute Gasteiger partial charge is 0.374 e. The van der Waals surface area contributed by atoms with Gasteiger partial charge in [0.25, 0.3) is 0 Å². The van der Waals surface area contributed by atoms with E-state index in [9.17, 15) is 4.79 Å². The van der Waals surface area contributed by atoms with E-state index in [1.54, 1.807) is 12.1 Å². The SMILES string of the molecule is COC(=O)c1nc(-c2ccc(Cl)cc2)c(C)[nH]1. The number of methoxy groups -OCH3 is 1. The molecule has 1 heterocycles. The first-order valence-electron chi connectivity index (χ1n) is 5.02. The second-order valence-electron chi connectivity index (χ2n) is 3.56. The molecule has 1 aromatic carbocycles. The number of rotatable bonds is 2. The normalized spacial score (nSPS) is 10.3. The van der Waals surface area contributed by atoms with Gasteiger partial charge in [0.05, 0.1) is 12.8 Å². The highest BCUT2D eigenvalue weighted by atomic mass is 35.5. The maximum atomic E-state index is 11.3. The van der Waals surface area contributed by atoms with Crippen LogP contribution in [0.1, 0.15) is 16.3 Å². The average molecular weight is 251 g/mol. The van der Waals surface area contributed by atoms with Gasteiger partial charge in [-0.25, -0.2) is 9.78 Å². The van der Waals surface area contributed by atoms with Gasteiger partial charge >= 0.3 is 5.97 Å². The van der Waals surface area contributed by atoms with Gasteiger partial charge in [0.1, 0.15) is 0 Å². The minimum Gasteiger partial charge on any atom is -0.463 e. The molecule has 2 aromatic rings. The van der Waals surface area contributed by atoms with E-state index in [1.807, 2.05) is 19.1 Å². The van der Waals surface area contributed by atoms with Gasteiger partial charge in [-0.3, -0.25) is 0 Å². The lowest BCUT2D eigenvalue weighted by Gasteiger charge is -1.98. The molecule has 0 amide bonds. The zero-order chi connectivity index (χ0) is 12.4. The van der Waals surface area contributed by atoms with Crippen LogP contribution in [0.15, 0.2) is 24.3 Å². The zero-order valence-electron chi connectivity index (χ0n) is 9.45. The third-order valence-electron chi connectivity index (χ3n) is 2.38. The lowest BCUT2D eigenvalue weighted by atomic mass is 10.1. The van der Waals surface area contributed by atoms with Crippen molar-refractivity contribution in [1.82, 2.24) is 9.97 Å². The molecule has 0 atom stereocenters. The number of ether oxygens (including phenoxy) is 1. The highest BCUT2D eigenvalue weighted by Crippen LogP contribution is 2.23. The standard InChI is InChI=1S/C12H11ClN2O2/c1-7-10(8-3-5-9(13)6-4-8)15-11(14-7)12(16)17-2/h3-6H,1-2H3,(H,14,15). The van der Waals surface area contributed by atoms with E-state index in [1.165, 1.54) is 7.11 Å². The minimum atomic E-state index is -0.478. The molecule has 1 aromatic heterocycles. The number of nitrogens with zero attached hydrogens (tertiary/aromatic N) is 1. The van der Waals surface area contributed by atoms with Crippen LogP contribution in [0.3, 0.4) is 0 Å². The number of benzene rings is 1. The van der Waals surface area contributed by atoms with Crippen LogP contribution in [-0.4, -0.2) is 23.0 Å². The molecule has 0 aliphatic rings. The second kappa shape index (κ2) is 4.59. The Kier molecular flexibility index (Phi) is 3.15. The summed E-state index contributed by atoms with van der Waals surface area (Å²) < 4.78 is 4.61. The van der Waals surface area contributed by atoms with Crippen LogP contribution in [0, 0.1) is 6.92 Å². The molecule has 0 unspecified atom stereocenters. The number of imidazole rings is 1.